The lowest BCUT2D eigenvalue weighted by Gasteiger charge is -2.33. The highest BCUT2D eigenvalue weighted by atomic mass is 16.1. The van der Waals surface area contributed by atoms with Crippen molar-refractivity contribution in [3.63, 3.8) is 0 Å². The number of nitrogens with one attached hydrogen (secondary N) is 3. The Labute approximate surface area is 148 Å². The third-order valence-electron chi connectivity index (χ3n) is 5.22. The van der Waals surface area contributed by atoms with Crippen LogP contribution in [0.25, 0.3) is 0 Å². The first-order valence-corrected chi connectivity index (χ1v) is 9.08. The lowest BCUT2D eigenvalue weighted by atomic mass is 9.93. The number of benzene rings is 1. The van der Waals surface area contributed by atoms with Gasteiger partial charge in [0.25, 0.3) is 0 Å². The molecule has 1 amide bonds. The van der Waals surface area contributed by atoms with Gasteiger partial charge in [-0.25, -0.2) is 0 Å². The van der Waals surface area contributed by atoms with Crippen LogP contribution >= 0.6 is 0 Å². The normalized spacial score (nSPS) is 20.1. The third kappa shape index (κ3) is 3.39. The van der Waals surface area contributed by atoms with Gasteiger partial charge < -0.3 is 10.6 Å². The molecule has 1 unspecified atom stereocenters. The van der Waals surface area contributed by atoms with Gasteiger partial charge in [-0.15, -0.1) is 0 Å². The van der Waals surface area contributed by atoms with Crippen molar-refractivity contribution in [1.82, 2.24) is 15.1 Å². The lowest BCUT2D eigenvalue weighted by Crippen LogP contribution is -2.34. The van der Waals surface area contributed by atoms with E-state index in [2.05, 4.69) is 43.9 Å². The number of para-hydroxylation sites is 1. The SMILES string of the molecule is CC(=O)Nc1cn[nH]c1C1CCCN(Cc2cccc3c2NCC3)C1. The van der Waals surface area contributed by atoms with Crippen LogP contribution in [0, 0.1) is 0 Å². The van der Waals surface area contributed by atoms with E-state index in [0.717, 1.165) is 56.8 Å². The molecule has 6 nitrogen and oxygen atoms in total. The number of carbonyl (C=O) groups excluding carboxylic acids is 1. The van der Waals surface area contributed by atoms with Crippen LogP contribution in [-0.2, 0) is 17.8 Å². The van der Waals surface area contributed by atoms with E-state index in [-0.39, 0.29) is 5.91 Å². The fraction of sp³-hybridized carbons (Fsp3) is 0.474. The van der Waals surface area contributed by atoms with E-state index in [4.69, 9.17) is 0 Å². The summed E-state index contributed by atoms with van der Waals surface area (Å²) >= 11 is 0. The molecule has 3 N–H and O–H groups in total. The maximum Gasteiger partial charge on any atom is 0.221 e. The second-order valence-corrected chi connectivity index (χ2v) is 7.08. The van der Waals surface area contributed by atoms with Crippen molar-refractivity contribution < 1.29 is 4.79 Å². The number of carbonyl (C=O) groups is 1. The van der Waals surface area contributed by atoms with Crippen LogP contribution in [0.3, 0.4) is 0 Å². The Balaban J connectivity index is 1.48. The third-order valence-corrected chi connectivity index (χ3v) is 5.22. The quantitative estimate of drug-likeness (QED) is 0.801. The van der Waals surface area contributed by atoms with E-state index in [1.807, 2.05) is 0 Å². The molecule has 0 spiro atoms. The molecule has 1 fully saturated rings. The average Bonchev–Trinajstić information content (AvgIpc) is 3.24. The first kappa shape index (κ1) is 16.1. The molecule has 1 aromatic carbocycles. The molecule has 1 atom stereocenters. The van der Waals surface area contributed by atoms with Crippen molar-refractivity contribution in [2.75, 3.05) is 30.3 Å². The Hall–Kier alpha value is -2.34. The minimum absolute atomic E-state index is 0.0544. The highest BCUT2D eigenvalue weighted by molar-refractivity contribution is 5.89. The fourth-order valence-electron chi connectivity index (χ4n) is 4.11. The summed E-state index contributed by atoms with van der Waals surface area (Å²) in [4.78, 5) is 13.9. The molecule has 4 rings (SSSR count). The number of amides is 1. The number of aromatic nitrogens is 2. The predicted octanol–water partition coefficient (Wildman–Crippen LogP) is 2.72. The number of rotatable bonds is 4. The summed E-state index contributed by atoms with van der Waals surface area (Å²) in [6.07, 6.45) is 5.12. The summed E-state index contributed by atoms with van der Waals surface area (Å²) in [5.74, 6) is 0.323. The Morgan fingerprint density at radius 1 is 1.44 bits per heavy atom. The molecule has 0 bridgehead atoms. The average molecular weight is 339 g/mol. The van der Waals surface area contributed by atoms with Crippen LogP contribution in [-0.4, -0.2) is 40.6 Å². The van der Waals surface area contributed by atoms with E-state index >= 15 is 0 Å². The molecular weight excluding hydrogens is 314 g/mol. The molecular formula is C19H25N5O. The molecule has 1 aromatic heterocycles. The summed E-state index contributed by atoms with van der Waals surface area (Å²) in [5, 5.41) is 13.7. The summed E-state index contributed by atoms with van der Waals surface area (Å²) < 4.78 is 0. The summed E-state index contributed by atoms with van der Waals surface area (Å²) in [7, 11) is 0. The van der Waals surface area contributed by atoms with Gasteiger partial charge >= 0.3 is 0 Å². The Morgan fingerprint density at radius 3 is 3.24 bits per heavy atom. The monoisotopic (exact) mass is 339 g/mol. The Bertz CT molecular complexity index is 769. The van der Waals surface area contributed by atoms with Gasteiger partial charge in [0.2, 0.25) is 5.91 Å². The number of anilines is 2. The van der Waals surface area contributed by atoms with Crippen molar-refractivity contribution in [2.45, 2.75) is 38.6 Å². The number of nitrogens with zero attached hydrogens (tertiary/aromatic N) is 2. The number of aromatic amines is 1. The first-order chi connectivity index (χ1) is 12.2. The molecule has 132 valence electrons. The standard InChI is InChI=1S/C19H25N5O/c1-13(25)22-17-10-21-23-19(17)16-6-3-9-24(12-16)11-15-5-2-4-14-7-8-20-18(14)15/h2,4-5,10,16,20H,3,6-9,11-12H2,1H3,(H,21,23)(H,22,25). The van der Waals surface area contributed by atoms with Crippen molar-refractivity contribution in [2.24, 2.45) is 0 Å². The molecule has 3 heterocycles. The molecule has 6 heteroatoms. The summed E-state index contributed by atoms with van der Waals surface area (Å²) in [6, 6.07) is 6.63. The van der Waals surface area contributed by atoms with E-state index < -0.39 is 0 Å². The van der Waals surface area contributed by atoms with Gasteiger partial charge in [-0.05, 0) is 36.9 Å². The minimum Gasteiger partial charge on any atom is -0.384 e. The van der Waals surface area contributed by atoms with Crippen LogP contribution in [0.1, 0.15) is 42.5 Å². The maximum atomic E-state index is 11.4. The predicted molar refractivity (Wildman–Crippen MR) is 98.8 cm³/mol. The van der Waals surface area contributed by atoms with Gasteiger partial charge in [-0.3, -0.25) is 14.8 Å². The van der Waals surface area contributed by atoms with Gasteiger partial charge in [0.05, 0.1) is 17.6 Å². The van der Waals surface area contributed by atoms with E-state index in [1.165, 1.54) is 23.7 Å². The summed E-state index contributed by atoms with van der Waals surface area (Å²) in [5.41, 5.74) is 6.04. The number of piperidine rings is 1. The zero-order valence-corrected chi connectivity index (χ0v) is 14.6. The van der Waals surface area contributed by atoms with E-state index in [1.54, 1.807) is 6.20 Å². The largest absolute Gasteiger partial charge is 0.384 e. The molecule has 0 saturated carbocycles. The second-order valence-electron chi connectivity index (χ2n) is 7.08. The lowest BCUT2D eigenvalue weighted by molar-refractivity contribution is -0.114. The van der Waals surface area contributed by atoms with Crippen molar-refractivity contribution in [3.05, 3.63) is 41.2 Å². The number of likely N-dealkylation sites (tertiary alicyclic amines) is 1. The molecule has 2 aliphatic rings. The number of hydrogen-bond donors (Lipinski definition) is 3. The Kier molecular flexibility index (Phi) is 4.44. The fourth-order valence-corrected chi connectivity index (χ4v) is 4.11. The second kappa shape index (κ2) is 6.88. The zero-order chi connectivity index (χ0) is 17.2. The topological polar surface area (TPSA) is 73.0 Å². The maximum absolute atomic E-state index is 11.4. The van der Waals surface area contributed by atoms with E-state index in [9.17, 15) is 4.79 Å². The minimum atomic E-state index is -0.0544. The molecule has 2 aliphatic heterocycles. The molecule has 25 heavy (non-hydrogen) atoms. The molecule has 2 aromatic rings. The number of hydrogen-bond acceptors (Lipinski definition) is 4. The number of fused-ring (bicyclic) bond motifs is 1. The van der Waals surface area contributed by atoms with Gasteiger partial charge in [0.15, 0.2) is 0 Å². The Morgan fingerprint density at radius 2 is 2.36 bits per heavy atom. The van der Waals surface area contributed by atoms with E-state index in [0.29, 0.717) is 5.92 Å². The molecule has 1 saturated heterocycles. The highest BCUT2D eigenvalue weighted by Gasteiger charge is 2.26. The highest BCUT2D eigenvalue weighted by Crippen LogP contribution is 2.33. The van der Waals surface area contributed by atoms with Gasteiger partial charge in [-0.1, -0.05) is 18.2 Å². The first-order valence-electron chi connectivity index (χ1n) is 9.08. The van der Waals surface area contributed by atoms with Crippen LogP contribution in [0.4, 0.5) is 11.4 Å². The van der Waals surface area contributed by atoms with Crippen molar-refractivity contribution >= 4 is 17.3 Å². The van der Waals surface area contributed by atoms with Crippen molar-refractivity contribution in [1.29, 1.82) is 0 Å². The van der Waals surface area contributed by atoms with Crippen LogP contribution in [0.5, 0.6) is 0 Å². The zero-order valence-electron chi connectivity index (χ0n) is 14.6. The molecule has 0 radical (unpaired) electrons. The van der Waals surface area contributed by atoms with Gasteiger partial charge in [0, 0.05) is 38.2 Å². The summed E-state index contributed by atoms with van der Waals surface area (Å²) in [6.45, 7) is 5.65. The molecule has 0 aliphatic carbocycles. The smallest absolute Gasteiger partial charge is 0.221 e. The van der Waals surface area contributed by atoms with Crippen molar-refractivity contribution in [3.8, 4) is 0 Å². The van der Waals surface area contributed by atoms with Gasteiger partial charge in [0.1, 0.15) is 0 Å². The van der Waals surface area contributed by atoms with Crippen LogP contribution < -0.4 is 10.6 Å². The van der Waals surface area contributed by atoms with Crippen LogP contribution in [0.15, 0.2) is 24.4 Å². The van der Waals surface area contributed by atoms with Gasteiger partial charge in [-0.2, -0.15) is 5.10 Å². The van der Waals surface area contributed by atoms with Crippen LogP contribution in [0.2, 0.25) is 0 Å². The number of H-pyrrole nitrogens is 1.